The van der Waals surface area contributed by atoms with Crippen LogP contribution in [0.25, 0.3) is 0 Å². The second-order valence-electron chi connectivity index (χ2n) is 5.31. The Morgan fingerprint density at radius 2 is 2.06 bits per heavy atom. The van der Waals surface area contributed by atoms with E-state index in [4.69, 9.17) is 9.47 Å². The van der Waals surface area contributed by atoms with Crippen molar-refractivity contribution in [3.05, 3.63) is 23.3 Å². The molecule has 1 aromatic carbocycles. The van der Waals surface area contributed by atoms with Crippen LogP contribution in [0.2, 0.25) is 0 Å². The predicted molar refractivity (Wildman–Crippen MR) is 71.5 cm³/mol. The van der Waals surface area contributed by atoms with E-state index in [-0.39, 0.29) is 0 Å². The minimum absolute atomic E-state index is 0.657. The van der Waals surface area contributed by atoms with Gasteiger partial charge < -0.3 is 14.8 Å². The number of benzene rings is 1. The number of rotatable bonds is 2. The molecule has 0 spiro atoms. The molecular formula is C15H21NO2. The van der Waals surface area contributed by atoms with Crippen LogP contribution in [0.3, 0.4) is 0 Å². The fraction of sp³-hybridized carbons (Fsp3) is 0.600. The molecule has 3 rings (SSSR count). The van der Waals surface area contributed by atoms with Crippen LogP contribution < -0.4 is 14.8 Å². The van der Waals surface area contributed by atoms with Gasteiger partial charge in [-0.15, -0.1) is 0 Å². The molecule has 2 atom stereocenters. The van der Waals surface area contributed by atoms with E-state index in [0.717, 1.165) is 30.3 Å². The lowest BCUT2D eigenvalue weighted by molar-refractivity contribution is 0.257. The number of fused-ring (bicyclic) bond motifs is 2. The standard InChI is InChI=1S/C15H21NO2/c1-17-14-6-5-10-9-13-11(4-3-7-16-13)8-12(10)15(14)18-2/h5-6,11,13,16H,3-4,7-9H2,1-2H3/t11-,13?/m1/s1. The number of piperidine rings is 1. The van der Waals surface area contributed by atoms with Crippen LogP contribution in [0, 0.1) is 5.92 Å². The second kappa shape index (κ2) is 4.81. The van der Waals surface area contributed by atoms with Crippen molar-refractivity contribution in [2.24, 2.45) is 5.92 Å². The van der Waals surface area contributed by atoms with Crippen molar-refractivity contribution in [3.8, 4) is 11.5 Å². The summed E-state index contributed by atoms with van der Waals surface area (Å²) < 4.78 is 11.0. The van der Waals surface area contributed by atoms with E-state index in [2.05, 4.69) is 11.4 Å². The topological polar surface area (TPSA) is 30.5 Å². The number of nitrogens with one attached hydrogen (secondary N) is 1. The Labute approximate surface area is 108 Å². The minimum atomic E-state index is 0.657. The summed E-state index contributed by atoms with van der Waals surface area (Å²) in [7, 11) is 3.45. The fourth-order valence-corrected chi connectivity index (χ4v) is 3.45. The lowest BCUT2D eigenvalue weighted by Gasteiger charge is -2.38. The predicted octanol–water partition coefficient (Wildman–Crippen LogP) is 2.17. The molecule has 0 amide bonds. The Balaban J connectivity index is 1.99. The van der Waals surface area contributed by atoms with Gasteiger partial charge in [0.1, 0.15) is 0 Å². The first-order valence-electron chi connectivity index (χ1n) is 6.79. The van der Waals surface area contributed by atoms with Crippen molar-refractivity contribution < 1.29 is 9.47 Å². The summed E-state index contributed by atoms with van der Waals surface area (Å²) in [5, 5.41) is 3.66. The first kappa shape index (κ1) is 11.8. The number of methoxy groups -OCH3 is 2. The number of ether oxygens (including phenoxy) is 2. The quantitative estimate of drug-likeness (QED) is 0.869. The molecule has 18 heavy (non-hydrogen) atoms. The van der Waals surface area contributed by atoms with Crippen molar-refractivity contribution in [1.29, 1.82) is 0 Å². The highest BCUT2D eigenvalue weighted by Crippen LogP contribution is 2.40. The van der Waals surface area contributed by atoms with E-state index >= 15 is 0 Å². The van der Waals surface area contributed by atoms with Crippen molar-refractivity contribution in [2.75, 3.05) is 20.8 Å². The first-order chi connectivity index (χ1) is 8.83. The number of hydrogen-bond donors (Lipinski definition) is 1. The highest BCUT2D eigenvalue weighted by atomic mass is 16.5. The smallest absolute Gasteiger partial charge is 0.164 e. The Hall–Kier alpha value is -1.22. The Kier molecular flexibility index (Phi) is 3.16. The van der Waals surface area contributed by atoms with Crippen molar-refractivity contribution in [3.63, 3.8) is 0 Å². The molecule has 0 radical (unpaired) electrons. The van der Waals surface area contributed by atoms with Gasteiger partial charge in [-0.1, -0.05) is 6.07 Å². The summed E-state index contributed by atoms with van der Waals surface area (Å²) in [6.07, 6.45) is 4.87. The van der Waals surface area contributed by atoms with Crippen LogP contribution in [-0.4, -0.2) is 26.8 Å². The Bertz CT molecular complexity index is 444. The van der Waals surface area contributed by atoms with Gasteiger partial charge in [0.15, 0.2) is 11.5 Å². The molecule has 0 aromatic heterocycles. The molecular weight excluding hydrogens is 226 g/mol. The van der Waals surface area contributed by atoms with E-state index in [0.29, 0.717) is 6.04 Å². The Morgan fingerprint density at radius 1 is 1.17 bits per heavy atom. The third-order valence-electron chi connectivity index (χ3n) is 4.38. The summed E-state index contributed by atoms with van der Waals surface area (Å²) in [6.45, 7) is 1.17. The lowest BCUT2D eigenvalue weighted by Crippen LogP contribution is -2.46. The maximum atomic E-state index is 5.57. The van der Waals surface area contributed by atoms with Gasteiger partial charge in [-0.05, 0) is 49.8 Å². The molecule has 1 heterocycles. The van der Waals surface area contributed by atoms with Crippen LogP contribution in [0.4, 0.5) is 0 Å². The summed E-state index contributed by atoms with van der Waals surface area (Å²) in [5.41, 5.74) is 2.78. The van der Waals surface area contributed by atoms with Gasteiger partial charge in [-0.25, -0.2) is 0 Å². The fourth-order valence-electron chi connectivity index (χ4n) is 3.45. The molecule has 1 fully saturated rings. The summed E-state index contributed by atoms with van der Waals surface area (Å²) in [5.74, 6) is 2.56. The zero-order chi connectivity index (χ0) is 12.5. The SMILES string of the molecule is COc1ccc2c(c1OC)C[C@H]1CCCNC1C2. The molecule has 1 aromatic rings. The monoisotopic (exact) mass is 247 g/mol. The first-order valence-corrected chi connectivity index (χ1v) is 6.79. The second-order valence-corrected chi connectivity index (χ2v) is 5.31. The molecule has 0 bridgehead atoms. The normalized spacial score (nSPS) is 26.1. The third-order valence-corrected chi connectivity index (χ3v) is 4.38. The largest absolute Gasteiger partial charge is 0.493 e. The summed E-state index contributed by atoms with van der Waals surface area (Å²) in [6, 6.07) is 4.88. The van der Waals surface area contributed by atoms with Crippen molar-refractivity contribution >= 4 is 0 Å². The maximum absolute atomic E-state index is 5.57. The molecule has 0 saturated carbocycles. The highest BCUT2D eigenvalue weighted by Gasteiger charge is 2.32. The average molecular weight is 247 g/mol. The minimum Gasteiger partial charge on any atom is -0.493 e. The van der Waals surface area contributed by atoms with Gasteiger partial charge in [0.25, 0.3) is 0 Å². The van der Waals surface area contributed by atoms with Crippen LogP contribution in [0.15, 0.2) is 12.1 Å². The van der Waals surface area contributed by atoms with Gasteiger partial charge in [-0.3, -0.25) is 0 Å². The molecule has 1 aliphatic heterocycles. The molecule has 3 heteroatoms. The molecule has 1 aliphatic carbocycles. The molecule has 2 aliphatic rings. The van der Waals surface area contributed by atoms with E-state index in [1.807, 2.05) is 6.07 Å². The van der Waals surface area contributed by atoms with Gasteiger partial charge >= 0.3 is 0 Å². The maximum Gasteiger partial charge on any atom is 0.164 e. The van der Waals surface area contributed by atoms with E-state index in [1.54, 1.807) is 14.2 Å². The van der Waals surface area contributed by atoms with Crippen LogP contribution >= 0.6 is 0 Å². The zero-order valence-corrected chi connectivity index (χ0v) is 11.2. The molecule has 3 nitrogen and oxygen atoms in total. The van der Waals surface area contributed by atoms with E-state index in [9.17, 15) is 0 Å². The molecule has 98 valence electrons. The van der Waals surface area contributed by atoms with Gasteiger partial charge in [-0.2, -0.15) is 0 Å². The zero-order valence-electron chi connectivity index (χ0n) is 11.2. The van der Waals surface area contributed by atoms with E-state index in [1.165, 1.54) is 30.5 Å². The third kappa shape index (κ3) is 1.87. The molecule has 1 unspecified atom stereocenters. The summed E-state index contributed by atoms with van der Waals surface area (Å²) in [4.78, 5) is 0. The van der Waals surface area contributed by atoms with Crippen LogP contribution in [0.1, 0.15) is 24.0 Å². The average Bonchev–Trinajstić information content (AvgIpc) is 2.43. The van der Waals surface area contributed by atoms with Gasteiger partial charge in [0.05, 0.1) is 14.2 Å². The molecule has 1 saturated heterocycles. The van der Waals surface area contributed by atoms with Crippen molar-refractivity contribution in [2.45, 2.75) is 31.7 Å². The van der Waals surface area contributed by atoms with Gasteiger partial charge in [0, 0.05) is 11.6 Å². The lowest BCUT2D eigenvalue weighted by atomic mass is 9.76. The van der Waals surface area contributed by atoms with Crippen LogP contribution in [-0.2, 0) is 12.8 Å². The van der Waals surface area contributed by atoms with Gasteiger partial charge in [0.2, 0.25) is 0 Å². The molecule has 1 N–H and O–H groups in total. The Morgan fingerprint density at radius 3 is 2.83 bits per heavy atom. The van der Waals surface area contributed by atoms with E-state index < -0.39 is 0 Å². The van der Waals surface area contributed by atoms with Crippen LogP contribution in [0.5, 0.6) is 11.5 Å². The summed E-state index contributed by atoms with van der Waals surface area (Å²) >= 11 is 0. The highest BCUT2D eigenvalue weighted by molar-refractivity contribution is 5.52. The van der Waals surface area contributed by atoms with Crippen molar-refractivity contribution in [1.82, 2.24) is 5.32 Å². The number of hydrogen-bond acceptors (Lipinski definition) is 3.